The molecule has 0 aromatic carbocycles. The van der Waals surface area contributed by atoms with Gasteiger partial charge in [0, 0.05) is 75.8 Å². The van der Waals surface area contributed by atoms with Crippen molar-refractivity contribution in [2.75, 3.05) is 63.5 Å². The summed E-state index contributed by atoms with van der Waals surface area (Å²) in [4.78, 5) is 64.5. The molecule has 2 aromatic heterocycles. The molecule has 0 bridgehead atoms. The lowest BCUT2D eigenvalue weighted by molar-refractivity contribution is -0.116. The minimum Gasteiger partial charge on any atom is -0.337 e. The second kappa shape index (κ2) is 13.9. The molecule has 1 saturated heterocycles. The lowest BCUT2D eigenvalue weighted by atomic mass is 10.3. The van der Waals surface area contributed by atoms with E-state index in [1.807, 2.05) is 0 Å². The molecule has 192 valence electrons. The topological polar surface area (TPSA) is 194 Å². The molecule has 14 nitrogen and oxygen atoms in total. The monoisotopic (exact) mass is 490 g/mol. The fourth-order valence-electron chi connectivity index (χ4n) is 3.45. The Bertz CT molecular complexity index is 1090. The number of aromatic amines is 2. The number of H-pyrrole nitrogens is 2. The first-order valence-corrected chi connectivity index (χ1v) is 11.3. The summed E-state index contributed by atoms with van der Waals surface area (Å²) in [5, 5.41) is 7.88. The van der Waals surface area contributed by atoms with Crippen LogP contribution in [0, 0.1) is 13.8 Å². The van der Waals surface area contributed by atoms with Gasteiger partial charge < -0.3 is 16.0 Å². The van der Waals surface area contributed by atoms with E-state index in [0.717, 1.165) is 26.2 Å². The zero-order chi connectivity index (χ0) is 25.8. The Labute approximate surface area is 202 Å². The van der Waals surface area contributed by atoms with Crippen LogP contribution in [0.25, 0.3) is 0 Å². The fraction of sp³-hybridized carbons (Fsp3) is 0.524. The summed E-state index contributed by atoms with van der Waals surface area (Å²) in [7, 11) is 1.50. The molecule has 0 radical (unpaired) electrons. The molecule has 0 spiro atoms. The van der Waals surface area contributed by atoms with Crippen LogP contribution in [0.15, 0.2) is 21.7 Å². The van der Waals surface area contributed by atoms with E-state index in [1.165, 1.54) is 19.2 Å². The average Bonchev–Trinajstić information content (AvgIpc) is 2.78. The lowest BCUT2D eigenvalue weighted by Crippen LogP contribution is -2.49. The summed E-state index contributed by atoms with van der Waals surface area (Å²) in [6.45, 7) is 8.38. The molecule has 0 atom stereocenters. The van der Waals surface area contributed by atoms with Crippen LogP contribution in [0.2, 0.25) is 0 Å². The highest BCUT2D eigenvalue weighted by molar-refractivity contribution is 5.89. The molecule has 7 N–H and O–H groups in total. The molecule has 3 amide bonds. The summed E-state index contributed by atoms with van der Waals surface area (Å²) in [6.07, 6.45) is 0.300. The van der Waals surface area contributed by atoms with E-state index in [-0.39, 0.29) is 28.9 Å². The Morgan fingerprint density at radius 1 is 0.886 bits per heavy atom. The van der Waals surface area contributed by atoms with Gasteiger partial charge in [-0.25, -0.2) is 14.8 Å². The standard InChI is InChI=1S/C20H29N9O4.CH5N/c1-13-11-16(31)25-18(22-13)24-15(30)3-5-28-7-9-29(10-8-28)6-4-21-20(33)27-19-23-14(2)12-17(32)26-19;1-2/h11-12H,3-10H2,1-2H3,(H2,22,24,25,30,31)(H3,21,23,26,27,32,33);2H2,1H3. The molecule has 0 saturated carbocycles. The van der Waals surface area contributed by atoms with Crippen LogP contribution in [-0.4, -0.2) is 94.5 Å². The fourth-order valence-corrected chi connectivity index (χ4v) is 3.45. The number of carbonyl (C=O) groups is 2. The molecule has 35 heavy (non-hydrogen) atoms. The average molecular weight is 491 g/mol. The maximum Gasteiger partial charge on any atom is 0.321 e. The first kappa shape index (κ1) is 27.6. The van der Waals surface area contributed by atoms with Gasteiger partial charge in [0.15, 0.2) is 0 Å². The highest BCUT2D eigenvalue weighted by atomic mass is 16.2. The molecule has 1 fully saturated rings. The number of nitrogens with zero attached hydrogens (tertiary/aromatic N) is 4. The highest BCUT2D eigenvalue weighted by Gasteiger charge is 2.17. The van der Waals surface area contributed by atoms with Crippen molar-refractivity contribution in [3.8, 4) is 0 Å². The van der Waals surface area contributed by atoms with E-state index in [4.69, 9.17) is 0 Å². The lowest BCUT2D eigenvalue weighted by Gasteiger charge is -2.34. The number of aryl methyl sites for hydroxylation is 2. The molecule has 3 rings (SSSR count). The van der Waals surface area contributed by atoms with Gasteiger partial charge in [-0.05, 0) is 20.9 Å². The third-order valence-corrected chi connectivity index (χ3v) is 5.06. The van der Waals surface area contributed by atoms with Crippen LogP contribution in [0.4, 0.5) is 16.7 Å². The van der Waals surface area contributed by atoms with Gasteiger partial charge in [-0.1, -0.05) is 0 Å². The first-order chi connectivity index (χ1) is 16.8. The zero-order valence-corrected chi connectivity index (χ0v) is 20.3. The molecule has 3 heterocycles. The minimum atomic E-state index is -0.433. The minimum absolute atomic E-state index is 0.111. The van der Waals surface area contributed by atoms with Gasteiger partial charge in [0.1, 0.15) is 0 Å². The Kier molecular flexibility index (Phi) is 11.0. The predicted octanol–water partition coefficient (Wildman–Crippen LogP) is -1.19. The molecule has 2 aromatic rings. The largest absolute Gasteiger partial charge is 0.337 e. The Hall–Kier alpha value is -3.62. The number of hydrogen-bond acceptors (Lipinski definition) is 9. The van der Waals surface area contributed by atoms with Gasteiger partial charge in [0.25, 0.3) is 11.1 Å². The van der Waals surface area contributed by atoms with Crippen molar-refractivity contribution in [1.82, 2.24) is 35.1 Å². The Balaban J connectivity index is 0.00000210. The summed E-state index contributed by atoms with van der Waals surface area (Å²) >= 11 is 0. The van der Waals surface area contributed by atoms with Gasteiger partial charge in [-0.2, -0.15) is 0 Å². The third-order valence-electron chi connectivity index (χ3n) is 5.06. The van der Waals surface area contributed by atoms with Crippen molar-refractivity contribution in [2.24, 2.45) is 5.73 Å². The number of carbonyl (C=O) groups excluding carboxylic acids is 2. The SMILES string of the molecule is CN.Cc1cc(=O)[nH]c(NC(=O)CCN2CCN(CCNC(=O)Nc3nc(C)cc(=O)[nH]3)CC2)n1. The number of hydrogen-bond donors (Lipinski definition) is 6. The highest BCUT2D eigenvalue weighted by Crippen LogP contribution is 2.04. The Morgan fingerprint density at radius 3 is 1.89 bits per heavy atom. The van der Waals surface area contributed by atoms with Crippen LogP contribution in [-0.2, 0) is 4.79 Å². The van der Waals surface area contributed by atoms with E-state index in [1.54, 1.807) is 13.8 Å². The van der Waals surface area contributed by atoms with Crippen LogP contribution >= 0.6 is 0 Å². The van der Waals surface area contributed by atoms with Gasteiger partial charge in [-0.3, -0.25) is 39.9 Å². The van der Waals surface area contributed by atoms with Crippen LogP contribution in [0.3, 0.4) is 0 Å². The predicted molar refractivity (Wildman–Crippen MR) is 132 cm³/mol. The van der Waals surface area contributed by atoms with E-state index in [0.29, 0.717) is 37.4 Å². The van der Waals surface area contributed by atoms with Gasteiger partial charge in [0.2, 0.25) is 17.8 Å². The van der Waals surface area contributed by atoms with E-state index in [2.05, 4.69) is 51.4 Å². The number of nitrogens with one attached hydrogen (secondary N) is 5. The summed E-state index contributed by atoms with van der Waals surface area (Å²) in [5.41, 5.74) is 4.93. The Morgan fingerprint density at radius 2 is 1.37 bits per heavy atom. The number of amides is 3. The second-order valence-electron chi connectivity index (χ2n) is 7.83. The second-order valence-corrected chi connectivity index (χ2v) is 7.83. The number of piperazine rings is 1. The first-order valence-electron chi connectivity index (χ1n) is 11.3. The van der Waals surface area contributed by atoms with Gasteiger partial charge in [0.05, 0.1) is 0 Å². The molecule has 1 aliphatic rings. The molecule has 0 aliphatic carbocycles. The van der Waals surface area contributed by atoms with Gasteiger partial charge in [-0.15, -0.1) is 0 Å². The normalized spacial score (nSPS) is 13.9. The molecular weight excluding hydrogens is 456 g/mol. The third kappa shape index (κ3) is 10.0. The quantitative estimate of drug-likeness (QED) is 0.264. The van der Waals surface area contributed by atoms with Crippen molar-refractivity contribution in [2.45, 2.75) is 20.3 Å². The van der Waals surface area contributed by atoms with E-state index < -0.39 is 6.03 Å². The smallest absolute Gasteiger partial charge is 0.321 e. The van der Waals surface area contributed by atoms with Gasteiger partial charge >= 0.3 is 6.03 Å². The van der Waals surface area contributed by atoms with E-state index in [9.17, 15) is 19.2 Å². The zero-order valence-electron chi connectivity index (χ0n) is 20.3. The van der Waals surface area contributed by atoms with Crippen molar-refractivity contribution in [1.29, 1.82) is 0 Å². The molecule has 0 unspecified atom stereocenters. The maximum absolute atomic E-state index is 12.1. The molecule has 14 heteroatoms. The molecular formula is C21H34N10O4. The summed E-state index contributed by atoms with van der Waals surface area (Å²) in [6, 6.07) is 2.27. The summed E-state index contributed by atoms with van der Waals surface area (Å²) in [5.74, 6) is 0.0708. The van der Waals surface area contributed by atoms with Crippen LogP contribution in [0.1, 0.15) is 17.8 Å². The number of anilines is 2. The van der Waals surface area contributed by atoms with E-state index >= 15 is 0 Å². The van der Waals surface area contributed by atoms with Crippen molar-refractivity contribution in [3.05, 3.63) is 44.2 Å². The number of nitrogens with two attached hydrogens (primary N) is 1. The van der Waals surface area contributed by atoms with Crippen LogP contribution < -0.4 is 32.8 Å². The maximum atomic E-state index is 12.1. The van der Waals surface area contributed by atoms with Crippen molar-refractivity contribution in [3.63, 3.8) is 0 Å². The number of urea groups is 1. The molecule has 1 aliphatic heterocycles. The van der Waals surface area contributed by atoms with Crippen LogP contribution in [0.5, 0.6) is 0 Å². The van der Waals surface area contributed by atoms with Crippen molar-refractivity contribution >= 4 is 23.8 Å². The summed E-state index contributed by atoms with van der Waals surface area (Å²) < 4.78 is 0. The number of aromatic nitrogens is 4. The van der Waals surface area contributed by atoms with Crippen molar-refractivity contribution < 1.29 is 9.59 Å². The number of rotatable bonds is 8.